The van der Waals surface area contributed by atoms with Crippen molar-refractivity contribution in [2.24, 2.45) is 5.73 Å². The van der Waals surface area contributed by atoms with Gasteiger partial charge in [0.1, 0.15) is 5.75 Å². The third-order valence-electron chi connectivity index (χ3n) is 2.36. The van der Waals surface area contributed by atoms with Crippen molar-refractivity contribution in [3.63, 3.8) is 0 Å². The average molecular weight is 195 g/mol. The second-order valence-corrected chi connectivity index (χ2v) is 4.05. The molecule has 78 valence electrons. The molecule has 0 aliphatic heterocycles. The number of hydrogen-bond donors (Lipinski definition) is 3. The van der Waals surface area contributed by atoms with Crippen molar-refractivity contribution >= 4 is 0 Å². The quantitative estimate of drug-likeness (QED) is 0.663. The predicted octanol–water partition coefficient (Wildman–Crippen LogP) is 1.18. The topological polar surface area (TPSA) is 66.5 Å². The van der Waals surface area contributed by atoms with Crippen LogP contribution in [-0.4, -0.2) is 16.8 Å². The Hall–Kier alpha value is -1.06. The van der Waals surface area contributed by atoms with Crippen LogP contribution in [0.3, 0.4) is 0 Å². The third-order valence-corrected chi connectivity index (χ3v) is 2.36. The van der Waals surface area contributed by atoms with Crippen molar-refractivity contribution < 1.29 is 10.2 Å². The first-order valence-corrected chi connectivity index (χ1v) is 4.59. The van der Waals surface area contributed by atoms with Crippen LogP contribution in [0.5, 0.6) is 5.75 Å². The number of aliphatic hydroxyl groups excluding tert-OH is 1. The first-order valence-electron chi connectivity index (χ1n) is 4.59. The molecule has 0 saturated carbocycles. The first-order chi connectivity index (χ1) is 6.38. The van der Waals surface area contributed by atoms with Crippen molar-refractivity contribution in [3.05, 3.63) is 28.8 Å². The number of aromatic hydroxyl groups is 1. The summed E-state index contributed by atoms with van der Waals surface area (Å²) in [7, 11) is 0. The van der Waals surface area contributed by atoms with Gasteiger partial charge in [-0.3, -0.25) is 0 Å². The van der Waals surface area contributed by atoms with Crippen molar-refractivity contribution in [2.45, 2.75) is 26.3 Å². The minimum absolute atomic E-state index is 0.154. The van der Waals surface area contributed by atoms with Crippen molar-refractivity contribution in [1.29, 1.82) is 0 Å². The van der Waals surface area contributed by atoms with Crippen LogP contribution in [0.15, 0.2) is 12.1 Å². The highest BCUT2D eigenvalue weighted by Gasteiger charge is 2.25. The smallest absolute Gasteiger partial charge is 0.121 e. The maximum absolute atomic E-state index is 9.75. The van der Waals surface area contributed by atoms with E-state index in [0.717, 1.165) is 11.1 Å². The second kappa shape index (κ2) is 3.59. The lowest BCUT2D eigenvalue weighted by Crippen LogP contribution is -2.37. The molecule has 4 N–H and O–H groups in total. The third kappa shape index (κ3) is 1.89. The highest BCUT2D eigenvalue weighted by Crippen LogP contribution is 2.31. The van der Waals surface area contributed by atoms with Crippen molar-refractivity contribution in [2.75, 3.05) is 6.61 Å². The number of phenolic OH excluding ortho intramolecular Hbond substituents is 1. The van der Waals surface area contributed by atoms with Gasteiger partial charge in [0.05, 0.1) is 12.1 Å². The first kappa shape index (κ1) is 11.0. The predicted molar refractivity (Wildman–Crippen MR) is 56.2 cm³/mol. The van der Waals surface area contributed by atoms with Gasteiger partial charge in [0.15, 0.2) is 0 Å². The average Bonchev–Trinajstić information content (AvgIpc) is 2.01. The van der Waals surface area contributed by atoms with E-state index in [1.807, 2.05) is 19.9 Å². The molecule has 3 nitrogen and oxygen atoms in total. The SMILES string of the molecule is Cc1cc(C)c([C@@](C)(N)CO)c(O)c1. The van der Waals surface area contributed by atoms with Crippen LogP contribution in [0.2, 0.25) is 0 Å². The molecule has 14 heavy (non-hydrogen) atoms. The minimum Gasteiger partial charge on any atom is -0.508 e. The fourth-order valence-electron chi connectivity index (χ4n) is 1.77. The Bertz CT molecular complexity index is 322. The molecule has 0 fully saturated rings. The van der Waals surface area contributed by atoms with Crippen molar-refractivity contribution in [1.82, 2.24) is 0 Å². The summed E-state index contributed by atoms with van der Waals surface area (Å²) in [5.41, 5.74) is 7.50. The number of hydrogen-bond acceptors (Lipinski definition) is 3. The Kier molecular flexibility index (Phi) is 2.83. The molecule has 0 heterocycles. The van der Waals surface area contributed by atoms with E-state index in [-0.39, 0.29) is 12.4 Å². The van der Waals surface area contributed by atoms with Crippen LogP contribution in [0, 0.1) is 13.8 Å². The van der Waals surface area contributed by atoms with Crippen molar-refractivity contribution in [3.8, 4) is 5.75 Å². The van der Waals surface area contributed by atoms with Crippen LogP contribution in [-0.2, 0) is 5.54 Å². The molecule has 0 radical (unpaired) electrons. The Labute approximate surface area is 84.2 Å². The minimum atomic E-state index is -0.887. The fourth-order valence-corrected chi connectivity index (χ4v) is 1.77. The Morgan fingerprint density at radius 2 is 1.93 bits per heavy atom. The number of nitrogens with two attached hydrogens (primary N) is 1. The zero-order chi connectivity index (χ0) is 10.9. The highest BCUT2D eigenvalue weighted by atomic mass is 16.3. The van der Waals surface area contributed by atoms with E-state index in [0.29, 0.717) is 5.56 Å². The molecule has 0 unspecified atom stereocenters. The lowest BCUT2D eigenvalue weighted by Gasteiger charge is -2.25. The molecular formula is C11H17NO2. The highest BCUT2D eigenvalue weighted by molar-refractivity contribution is 5.46. The van der Waals surface area contributed by atoms with Gasteiger partial charge in [0, 0.05) is 5.56 Å². The van der Waals surface area contributed by atoms with Gasteiger partial charge in [0.25, 0.3) is 0 Å². The Morgan fingerprint density at radius 1 is 1.36 bits per heavy atom. The number of aliphatic hydroxyl groups is 1. The number of rotatable bonds is 2. The van der Waals surface area contributed by atoms with E-state index in [4.69, 9.17) is 10.8 Å². The molecule has 0 saturated heterocycles. The van der Waals surface area contributed by atoms with Gasteiger partial charge in [-0.15, -0.1) is 0 Å². The van der Waals surface area contributed by atoms with Gasteiger partial charge in [-0.2, -0.15) is 0 Å². The zero-order valence-corrected chi connectivity index (χ0v) is 8.83. The summed E-state index contributed by atoms with van der Waals surface area (Å²) in [6.07, 6.45) is 0. The Morgan fingerprint density at radius 3 is 2.36 bits per heavy atom. The molecule has 0 bridgehead atoms. The lowest BCUT2D eigenvalue weighted by molar-refractivity contribution is 0.206. The summed E-state index contributed by atoms with van der Waals surface area (Å²) >= 11 is 0. The molecule has 0 amide bonds. The van der Waals surface area contributed by atoms with Crippen LogP contribution < -0.4 is 5.73 Å². The van der Waals surface area contributed by atoms with E-state index in [1.54, 1.807) is 13.0 Å². The summed E-state index contributed by atoms with van der Waals surface area (Å²) in [5, 5.41) is 18.9. The Balaban J connectivity index is 3.35. The lowest BCUT2D eigenvalue weighted by atomic mass is 9.88. The van der Waals surface area contributed by atoms with E-state index in [1.165, 1.54) is 0 Å². The van der Waals surface area contributed by atoms with Crippen LogP contribution in [0.4, 0.5) is 0 Å². The van der Waals surface area contributed by atoms with E-state index < -0.39 is 5.54 Å². The van der Waals surface area contributed by atoms with E-state index in [9.17, 15) is 5.11 Å². The van der Waals surface area contributed by atoms with Gasteiger partial charge in [-0.05, 0) is 38.0 Å². The molecule has 1 aromatic carbocycles. The molecule has 0 aliphatic rings. The molecule has 3 heteroatoms. The van der Waals surface area contributed by atoms with Gasteiger partial charge in [0.2, 0.25) is 0 Å². The molecule has 1 rings (SSSR count). The maximum atomic E-state index is 9.75. The van der Waals surface area contributed by atoms with E-state index in [2.05, 4.69) is 0 Å². The second-order valence-electron chi connectivity index (χ2n) is 4.05. The van der Waals surface area contributed by atoms with Gasteiger partial charge < -0.3 is 15.9 Å². The molecule has 0 aromatic heterocycles. The maximum Gasteiger partial charge on any atom is 0.121 e. The van der Waals surface area contributed by atoms with Crippen LogP contribution in [0.1, 0.15) is 23.6 Å². The van der Waals surface area contributed by atoms with Crippen LogP contribution in [0.25, 0.3) is 0 Å². The monoisotopic (exact) mass is 195 g/mol. The standard InChI is InChI=1S/C11H17NO2/c1-7-4-8(2)10(9(14)5-7)11(3,12)6-13/h4-5,13-14H,6,12H2,1-3H3/t11-/m0/s1. The molecule has 0 aliphatic carbocycles. The number of aryl methyl sites for hydroxylation is 2. The molecule has 0 spiro atoms. The van der Waals surface area contributed by atoms with Gasteiger partial charge >= 0.3 is 0 Å². The number of phenols is 1. The normalized spacial score (nSPS) is 15.2. The molecule has 1 aromatic rings. The van der Waals surface area contributed by atoms with Crippen LogP contribution >= 0.6 is 0 Å². The molecule has 1 atom stereocenters. The largest absolute Gasteiger partial charge is 0.508 e. The van der Waals surface area contributed by atoms with Gasteiger partial charge in [-0.1, -0.05) is 6.07 Å². The summed E-state index contributed by atoms with van der Waals surface area (Å²) in [6.45, 7) is 5.29. The zero-order valence-electron chi connectivity index (χ0n) is 8.83. The summed E-state index contributed by atoms with van der Waals surface area (Å²) in [4.78, 5) is 0. The van der Waals surface area contributed by atoms with E-state index >= 15 is 0 Å². The van der Waals surface area contributed by atoms with Gasteiger partial charge in [-0.25, -0.2) is 0 Å². The summed E-state index contributed by atoms with van der Waals surface area (Å²) in [5.74, 6) is 0.154. The number of benzene rings is 1. The summed E-state index contributed by atoms with van der Waals surface area (Å²) < 4.78 is 0. The fraction of sp³-hybridized carbons (Fsp3) is 0.455. The molecular weight excluding hydrogens is 178 g/mol. The summed E-state index contributed by atoms with van der Waals surface area (Å²) in [6, 6.07) is 3.60.